The number of hydrogen-bond acceptors (Lipinski definition) is 1. The lowest BCUT2D eigenvalue weighted by molar-refractivity contribution is 0.834. The van der Waals surface area contributed by atoms with Gasteiger partial charge in [-0.25, -0.2) is 0 Å². The molecule has 0 bridgehead atoms. The molecule has 1 aliphatic rings. The van der Waals surface area contributed by atoms with Crippen molar-refractivity contribution in [3.63, 3.8) is 0 Å². The highest BCUT2D eigenvalue weighted by atomic mass is 14.8. The molecule has 6 heavy (non-hydrogen) atoms. The van der Waals surface area contributed by atoms with Crippen LogP contribution in [0.1, 0.15) is 13.8 Å². The molecule has 0 saturated heterocycles. The van der Waals surface area contributed by atoms with Crippen LogP contribution in [0.2, 0.25) is 0 Å². The van der Waals surface area contributed by atoms with Crippen LogP contribution in [0.25, 0.3) is 0 Å². The van der Waals surface area contributed by atoms with E-state index in [1.165, 1.54) is 0 Å². The second kappa shape index (κ2) is 0.969. The third-order valence-electron chi connectivity index (χ3n) is 1.90. The minimum Gasteiger partial charge on any atom is -0.327 e. The van der Waals surface area contributed by atoms with Gasteiger partial charge in [-0.3, -0.25) is 0 Å². The molecule has 0 aromatic rings. The lowest BCUT2D eigenvalue weighted by Crippen LogP contribution is -2.01. The molecule has 1 rings (SSSR count). The molecule has 0 radical (unpaired) electrons. The van der Waals surface area contributed by atoms with Crippen LogP contribution in [0.15, 0.2) is 0 Å². The third-order valence-corrected chi connectivity index (χ3v) is 1.90. The van der Waals surface area contributed by atoms with E-state index in [1.807, 2.05) is 0 Å². The minimum absolute atomic E-state index is 0.519. The summed E-state index contributed by atoms with van der Waals surface area (Å²) in [6.45, 7) is 4.38. The highest BCUT2D eigenvalue weighted by Crippen LogP contribution is 2.34. The molecule has 36 valence electrons. The van der Waals surface area contributed by atoms with Gasteiger partial charge in [0, 0.05) is 6.04 Å². The van der Waals surface area contributed by atoms with Gasteiger partial charge in [0.15, 0.2) is 0 Å². The van der Waals surface area contributed by atoms with Gasteiger partial charge >= 0.3 is 0 Å². The van der Waals surface area contributed by atoms with E-state index in [2.05, 4.69) is 13.8 Å². The van der Waals surface area contributed by atoms with E-state index in [-0.39, 0.29) is 0 Å². The zero-order chi connectivity index (χ0) is 4.73. The molecule has 0 aliphatic heterocycles. The van der Waals surface area contributed by atoms with Crippen LogP contribution in [0.5, 0.6) is 0 Å². The first-order chi connectivity index (χ1) is 2.73. The summed E-state index contributed by atoms with van der Waals surface area (Å²) in [6.07, 6.45) is 0. The summed E-state index contributed by atoms with van der Waals surface area (Å²) >= 11 is 0. The van der Waals surface area contributed by atoms with Gasteiger partial charge in [-0.2, -0.15) is 0 Å². The number of rotatable bonds is 0. The molecule has 0 aromatic heterocycles. The summed E-state index contributed by atoms with van der Waals surface area (Å²) in [5.41, 5.74) is 5.51. The van der Waals surface area contributed by atoms with Crippen molar-refractivity contribution in [1.29, 1.82) is 0 Å². The predicted octanol–water partition coefficient (Wildman–Crippen LogP) is 0.600. The van der Waals surface area contributed by atoms with Crippen molar-refractivity contribution in [2.45, 2.75) is 19.9 Å². The third kappa shape index (κ3) is 0.350. The first-order valence-electron chi connectivity index (χ1n) is 2.49. The molecule has 1 fully saturated rings. The minimum atomic E-state index is 0.519. The summed E-state index contributed by atoms with van der Waals surface area (Å²) in [4.78, 5) is 0. The number of hydrogen-bond donors (Lipinski definition) is 1. The molecule has 2 unspecified atom stereocenters. The average Bonchev–Trinajstić information content (AvgIpc) is 1.94. The zero-order valence-electron chi connectivity index (χ0n) is 4.31. The molecule has 0 spiro atoms. The van der Waals surface area contributed by atoms with E-state index in [0.29, 0.717) is 6.04 Å². The maximum Gasteiger partial charge on any atom is 0.00966 e. The summed E-state index contributed by atoms with van der Waals surface area (Å²) < 4.78 is 0. The van der Waals surface area contributed by atoms with Crippen molar-refractivity contribution in [3.05, 3.63) is 0 Å². The monoisotopic (exact) mass is 85.1 g/mol. The summed E-state index contributed by atoms with van der Waals surface area (Å²) in [5, 5.41) is 0. The van der Waals surface area contributed by atoms with Gasteiger partial charge in [0.2, 0.25) is 0 Å². The zero-order valence-corrected chi connectivity index (χ0v) is 4.31. The molecule has 2 atom stereocenters. The Labute approximate surface area is 38.5 Å². The quantitative estimate of drug-likeness (QED) is 0.458. The molecule has 1 nitrogen and oxygen atoms in total. The first-order valence-corrected chi connectivity index (χ1v) is 2.49. The molecule has 1 heteroatoms. The molecule has 2 N–H and O–H groups in total. The van der Waals surface area contributed by atoms with Crippen molar-refractivity contribution < 1.29 is 0 Å². The topological polar surface area (TPSA) is 26.0 Å². The molecular weight excluding hydrogens is 74.1 g/mol. The summed E-state index contributed by atoms with van der Waals surface area (Å²) in [5.74, 6) is 1.59. The van der Waals surface area contributed by atoms with Gasteiger partial charge in [0.1, 0.15) is 0 Å². The Kier molecular flexibility index (Phi) is 0.667. The Morgan fingerprint density at radius 2 is 1.33 bits per heavy atom. The lowest BCUT2D eigenvalue weighted by Gasteiger charge is -1.69. The summed E-state index contributed by atoms with van der Waals surface area (Å²) in [7, 11) is 0. The number of nitrogens with two attached hydrogens (primary N) is 1. The Hall–Kier alpha value is -0.0400. The van der Waals surface area contributed by atoms with E-state index in [9.17, 15) is 0 Å². The van der Waals surface area contributed by atoms with Crippen molar-refractivity contribution >= 4 is 0 Å². The van der Waals surface area contributed by atoms with E-state index in [1.54, 1.807) is 0 Å². The van der Waals surface area contributed by atoms with E-state index >= 15 is 0 Å². The normalized spacial score (nSPS) is 55.5. The van der Waals surface area contributed by atoms with Crippen LogP contribution in [-0.4, -0.2) is 6.04 Å². The SMILES string of the molecule is CC1C(C)C1N. The van der Waals surface area contributed by atoms with Crippen molar-refractivity contribution in [2.24, 2.45) is 17.6 Å². The van der Waals surface area contributed by atoms with Gasteiger partial charge in [0.25, 0.3) is 0 Å². The van der Waals surface area contributed by atoms with Crippen LogP contribution in [0.4, 0.5) is 0 Å². The first kappa shape index (κ1) is 4.13. The van der Waals surface area contributed by atoms with Gasteiger partial charge in [-0.1, -0.05) is 13.8 Å². The highest BCUT2D eigenvalue weighted by Gasteiger charge is 2.38. The Bertz CT molecular complexity index is 40.7. The average molecular weight is 85.2 g/mol. The van der Waals surface area contributed by atoms with Gasteiger partial charge in [-0.15, -0.1) is 0 Å². The van der Waals surface area contributed by atoms with Gasteiger partial charge in [-0.05, 0) is 11.8 Å². The van der Waals surface area contributed by atoms with Crippen LogP contribution in [0.3, 0.4) is 0 Å². The second-order valence-corrected chi connectivity index (χ2v) is 2.30. The molecule has 0 aromatic carbocycles. The fraction of sp³-hybridized carbons (Fsp3) is 1.00. The largest absolute Gasteiger partial charge is 0.327 e. The second-order valence-electron chi connectivity index (χ2n) is 2.30. The molecule has 1 saturated carbocycles. The molecule has 0 heterocycles. The fourth-order valence-corrected chi connectivity index (χ4v) is 0.701. The smallest absolute Gasteiger partial charge is 0.00966 e. The Morgan fingerprint density at radius 3 is 1.33 bits per heavy atom. The van der Waals surface area contributed by atoms with E-state index in [0.717, 1.165) is 11.8 Å². The van der Waals surface area contributed by atoms with Crippen molar-refractivity contribution in [1.82, 2.24) is 0 Å². The highest BCUT2D eigenvalue weighted by molar-refractivity contribution is 4.94. The Balaban J connectivity index is 2.31. The standard InChI is InChI=1S/C5H11N/c1-3-4(2)5(3)6/h3-5H,6H2,1-2H3. The Morgan fingerprint density at radius 1 is 1.17 bits per heavy atom. The lowest BCUT2D eigenvalue weighted by atomic mass is 10.4. The van der Waals surface area contributed by atoms with E-state index < -0.39 is 0 Å². The van der Waals surface area contributed by atoms with Crippen LogP contribution < -0.4 is 5.73 Å². The molecular formula is C5H11N. The van der Waals surface area contributed by atoms with Gasteiger partial charge < -0.3 is 5.73 Å². The van der Waals surface area contributed by atoms with Gasteiger partial charge in [0.05, 0.1) is 0 Å². The van der Waals surface area contributed by atoms with Crippen molar-refractivity contribution in [3.8, 4) is 0 Å². The van der Waals surface area contributed by atoms with Crippen LogP contribution in [0, 0.1) is 11.8 Å². The fourth-order valence-electron chi connectivity index (χ4n) is 0.701. The molecule has 0 amide bonds. The summed E-state index contributed by atoms with van der Waals surface area (Å²) in [6, 6.07) is 0.519. The van der Waals surface area contributed by atoms with E-state index in [4.69, 9.17) is 5.73 Å². The van der Waals surface area contributed by atoms with Crippen LogP contribution >= 0.6 is 0 Å². The molecule has 1 aliphatic carbocycles. The maximum absolute atomic E-state index is 5.51. The van der Waals surface area contributed by atoms with Crippen molar-refractivity contribution in [2.75, 3.05) is 0 Å². The van der Waals surface area contributed by atoms with Crippen LogP contribution in [-0.2, 0) is 0 Å². The predicted molar refractivity (Wildman–Crippen MR) is 26.3 cm³/mol. The maximum atomic E-state index is 5.51.